The van der Waals surface area contributed by atoms with E-state index in [9.17, 15) is 0 Å². The molecule has 126 valence electrons. The first kappa shape index (κ1) is 16.0. The number of aryl methyl sites for hydroxylation is 1. The predicted octanol–water partition coefficient (Wildman–Crippen LogP) is 4.24. The van der Waals surface area contributed by atoms with E-state index in [1.165, 1.54) is 0 Å². The summed E-state index contributed by atoms with van der Waals surface area (Å²) in [5, 5.41) is 4.32. The van der Waals surface area contributed by atoms with E-state index in [1.807, 2.05) is 31.2 Å². The lowest BCUT2D eigenvalue weighted by molar-refractivity contribution is 0.517. The van der Waals surface area contributed by atoms with Crippen LogP contribution in [0.5, 0.6) is 0 Å². The molecule has 0 atom stereocenters. The number of hydrogen-bond acceptors (Lipinski definition) is 7. The fourth-order valence-corrected chi connectivity index (χ4v) is 3.57. The van der Waals surface area contributed by atoms with Crippen LogP contribution in [0.2, 0.25) is 5.28 Å². The second-order valence-electron chi connectivity index (χ2n) is 5.49. The van der Waals surface area contributed by atoms with Gasteiger partial charge in [0.25, 0.3) is 0 Å². The first-order valence-corrected chi connectivity index (χ1v) is 8.88. The maximum absolute atomic E-state index is 6.04. The summed E-state index contributed by atoms with van der Waals surface area (Å²) in [6, 6.07) is 9.89. The van der Waals surface area contributed by atoms with Gasteiger partial charge in [-0.1, -0.05) is 6.07 Å². The Morgan fingerprint density at radius 2 is 2.08 bits per heavy atom. The van der Waals surface area contributed by atoms with Gasteiger partial charge < -0.3 is 9.73 Å². The number of fused-ring (bicyclic) bond motifs is 1. The Balaban J connectivity index is 1.54. The zero-order valence-corrected chi connectivity index (χ0v) is 14.9. The van der Waals surface area contributed by atoms with Crippen LogP contribution in [0.15, 0.2) is 41.0 Å². The fourth-order valence-electron chi connectivity index (χ4n) is 2.51. The normalized spacial score (nSPS) is 11.1. The number of thiazole rings is 1. The molecule has 1 aromatic carbocycles. The highest BCUT2D eigenvalue weighted by atomic mass is 35.5. The molecule has 0 fully saturated rings. The van der Waals surface area contributed by atoms with Crippen LogP contribution in [0.1, 0.15) is 22.2 Å². The van der Waals surface area contributed by atoms with Gasteiger partial charge in [0.15, 0.2) is 0 Å². The van der Waals surface area contributed by atoms with Gasteiger partial charge in [-0.25, -0.2) is 9.97 Å². The molecule has 0 spiro atoms. The summed E-state index contributed by atoms with van der Waals surface area (Å²) in [6.07, 6.45) is 2.20. The van der Waals surface area contributed by atoms with Gasteiger partial charge in [-0.05, 0) is 48.4 Å². The Kier molecular flexibility index (Phi) is 4.33. The molecule has 25 heavy (non-hydrogen) atoms. The summed E-state index contributed by atoms with van der Waals surface area (Å²) in [6.45, 7) is 2.49. The van der Waals surface area contributed by atoms with Crippen molar-refractivity contribution < 1.29 is 4.42 Å². The standard InChI is InChI=1S/C17H14ClN5OS/c1-10-20-13-5-4-11(7-14(13)25-10)8-15-21-16(18)23-17(22-15)19-9-12-3-2-6-24-12/h2-7H,8-9H2,1H3,(H,19,21,22,23). The Morgan fingerprint density at radius 1 is 1.16 bits per heavy atom. The number of benzene rings is 1. The summed E-state index contributed by atoms with van der Waals surface area (Å²) < 4.78 is 6.44. The molecular weight excluding hydrogens is 358 g/mol. The van der Waals surface area contributed by atoms with Crippen molar-refractivity contribution in [2.75, 3.05) is 5.32 Å². The van der Waals surface area contributed by atoms with Gasteiger partial charge in [0.2, 0.25) is 11.2 Å². The molecule has 3 aromatic heterocycles. The van der Waals surface area contributed by atoms with Gasteiger partial charge in [-0.3, -0.25) is 0 Å². The lowest BCUT2D eigenvalue weighted by Crippen LogP contribution is -2.07. The van der Waals surface area contributed by atoms with Crippen LogP contribution in [0.25, 0.3) is 10.2 Å². The summed E-state index contributed by atoms with van der Waals surface area (Å²) in [5.74, 6) is 1.84. The van der Waals surface area contributed by atoms with Crippen molar-refractivity contribution in [1.29, 1.82) is 0 Å². The molecule has 0 unspecified atom stereocenters. The average Bonchev–Trinajstić information content (AvgIpc) is 3.20. The van der Waals surface area contributed by atoms with Gasteiger partial charge in [-0.2, -0.15) is 9.97 Å². The minimum absolute atomic E-state index is 0.168. The fraction of sp³-hybridized carbons (Fsp3) is 0.176. The van der Waals surface area contributed by atoms with Crippen molar-refractivity contribution in [3.05, 3.63) is 64.0 Å². The molecule has 0 saturated heterocycles. The first-order valence-electron chi connectivity index (χ1n) is 7.68. The molecule has 0 aliphatic rings. The largest absolute Gasteiger partial charge is 0.467 e. The predicted molar refractivity (Wildman–Crippen MR) is 98.0 cm³/mol. The second kappa shape index (κ2) is 6.78. The molecule has 1 N–H and O–H groups in total. The Bertz CT molecular complexity index is 1020. The van der Waals surface area contributed by atoms with Crippen molar-refractivity contribution in [1.82, 2.24) is 19.9 Å². The minimum atomic E-state index is 0.168. The highest BCUT2D eigenvalue weighted by Gasteiger charge is 2.08. The number of aromatic nitrogens is 4. The van der Waals surface area contributed by atoms with E-state index >= 15 is 0 Å². The minimum Gasteiger partial charge on any atom is -0.467 e. The third-order valence-corrected chi connectivity index (χ3v) is 4.68. The van der Waals surface area contributed by atoms with E-state index in [2.05, 4.69) is 31.3 Å². The molecule has 0 amide bonds. The van der Waals surface area contributed by atoms with Crippen LogP contribution in [-0.2, 0) is 13.0 Å². The van der Waals surface area contributed by atoms with E-state index in [0.29, 0.717) is 24.7 Å². The zero-order chi connectivity index (χ0) is 17.2. The van der Waals surface area contributed by atoms with Crippen LogP contribution in [-0.4, -0.2) is 19.9 Å². The number of nitrogens with zero attached hydrogens (tertiary/aromatic N) is 4. The van der Waals surface area contributed by atoms with E-state index in [-0.39, 0.29) is 5.28 Å². The monoisotopic (exact) mass is 371 g/mol. The number of hydrogen-bond donors (Lipinski definition) is 1. The highest BCUT2D eigenvalue weighted by Crippen LogP contribution is 2.23. The maximum atomic E-state index is 6.04. The Hall–Kier alpha value is -2.51. The lowest BCUT2D eigenvalue weighted by Gasteiger charge is -2.06. The molecule has 6 nitrogen and oxygen atoms in total. The quantitative estimate of drug-likeness (QED) is 0.565. The van der Waals surface area contributed by atoms with Crippen LogP contribution in [0.4, 0.5) is 5.95 Å². The van der Waals surface area contributed by atoms with E-state index in [4.69, 9.17) is 16.0 Å². The van der Waals surface area contributed by atoms with Gasteiger partial charge in [0.1, 0.15) is 11.6 Å². The van der Waals surface area contributed by atoms with Crippen molar-refractivity contribution in [2.24, 2.45) is 0 Å². The van der Waals surface area contributed by atoms with Gasteiger partial charge in [0.05, 0.1) is 28.0 Å². The SMILES string of the molecule is Cc1nc2ccc(Cc3nc(Cl)nc(NCc4ccco4)n3)cc2s1. The smallest absolute Gasteiger partial charge is 0.227 e. The molecule has 4 rings (SSSR count). The van der Waals surface area contributed by atoms with E-state index in [1.54, 1.807) is 17.6 Å². The van der Waals surface area contributed by atoms with Crippen molar-refractivity contribution >= 4 is 39.1 Å². The van der Waals surface area contributed by atoms with Gasteiger partial charge in [-0.15, -0.1) is 11.3 Å². The average molecular weight is 372 g/mol. The molecular formula is C17H14ClN5OS. The number of rotatable bonds is 5. The highest BCUT2D eigenvalue weighted by molar-refractivity contribution is 7.18. The van der Waals surface area contributed by atoms with Crippen molar-refractivity contribution in [3.63, 3.8) is 0 Å². The lowest BCUT2D eigenvalue weighted by atomic mass is 10.1. The molecule has 0 aliphatic carbocycles. The molecule has 0 radical (unpaired) electrons. The van der Waals surface area contributed by atoms with Crippen molar-refractivity contribution in [2.45, 2.75) is 19.9 Å². The van der Waals surface area contributed by atoms with Crippen LogP contribution >= 0.6 is 22.9 Å². The Labute approximate surface area is 152 Å². The number of halogens is 1. The van der Waals surface area contributed by atoms with Crippen LogP contribution < -0.4 is 5.32 Å². The first-order chi connectivity index (χ1) is 12.2. The molecule has 8 heteroatoms. The molecule has 3 heterocycles. The van der Waals surface area contributed by atoms with Gasteiger partial charge >= 0.3 is 0 Å². The second-order valence-corrected chi connectivity index (χ2v) is 7.06. The van der Waals surface area contributed by atoms with Crippen molar-refractivity contribution in [3.8, 4) is 0 Å². The molecule has 0 bridgehead atoms. The summed E-state index contributed by atoms with van der Waals surface area (Å²) >= 11 is 7.72. The summed E-state index contributed by atoms with van der Waals surface area (Å²) in [7, 11) is 0. The number of nitrogens with one attached hydrogen (secondary N) is 1. The van der Waals surface area contributed by atoms with Crippen LogP contribution in [0.3, 0.4) is 0 Å². The number of furan rings is 1. The zero-order valence-electron chi connectivity index (χ0n) is 13.4. The molecule has 0 saturated carbocycles. The molecule has 0 aliphatic heterocycles. The molecule has 4 aromatic rings. The third kappa shape index (κ3) is 3.78. The topological polar surface area (TPSA) is 76.7 Å². The van der Waals surface area contributed by atoms with E-state index in [0.717, 1.165) is 26.5 Å². The van der Waals surface area contributed by atoms with E-state index < -0.39 is 0 Å². The third-order valence-electron chi connectivity index (χ3n) is 3.58. The van der Waals surface area contributed by atoms with Gasteiger partial charge in [0, 0.05) is 6.42 Å². The Morgan fingerprint density at radius 3 is 2.92 bits per heavy atom. The summed E-state index contributed by atoms with van der Waals surface area (Å²) in [5.41, 5.74) is 2.12. The maximum Gasteiger partial charge on any atom is 0.227 e. The van der Waals surface area contributed by atoms with Crippen LogP contribution in [0, 0.1) is 6.92 Å². The number of anilines is 1. The summed E-state index contributed by atoms with van der Waals surface area (Å²) in [4.78, 5) is 17.3.